The largest absolute Gasteiger partial charge is 0.347 e. The van der Waals surface area contributed by atoms with Crippen molar-refractivity contribution in [2.45, 2.75) is 23.8 Å². The maximum Gasteiger partial charge on any atom is 0.243 e. The van der Waals surface area contributed by atoms with E-state index in [1.54, 1.807) is 14.1 Å². The molecule has 0 saturated carbocycles. The molecule has 21 heavy (non-hydrogen) atoms. The molecule has 1 aromatic carbocycles. The molecule has 2 rings (SSSR count). The van der Waals surface area contributed by atoms with Crippen LogP contribution in [-0.4, -0.2) is 50.2 Å². The molecule has 1 saturated heterocycles. The Labute approximate surface area is 134 Å². The Kier molecular flexibility index (Phi) is 4.82. The Morgan fingerprint density at radius 2 is 1.95 bits per heavy atom. The Morgan fingerprint density at radius 1 is 1.29 bits per heavy atom. The SMILES string of the molecule is CN(C)C(=O)[C@@H]1CCCN1S(=O)(=O)c1ccc(Cl)c(Cl)c1. The van der Waals surface area contributed by atoms with Gasteiger partial charge in [-0.25, -0.2) is 8.42 Å². The van der Waals surface area contributed by atoms with Gasteiger partial charge in [-0.3, -0.25) is 4.79 Å². The van der Waals surface area contributed by atoms with E-state index >= 15 is 0 Å². The number of carbonyl (C=O) groups is 1. The summed E-state index contributed by atoms with van der Waals surface area (Å²) in [5.41, 5.74) is 0. The molecule has 0 radical (unpaired) electrons. The number of rotatable bonds is 3. The first-order valence-electron chi connectivity index (χ1n) is 6.43. The third-order valence-corrected chi connectivity index (χ3v) is 6.07. The number of sulfonamides is 1. The first-order valence-corrected chi connectivity index (χ1v) is 8.63. The average molecular weight is 351 g/mol. The molecule has 5 nitrogen and oxygen atoms in total. The van der Waals surface area contributed by atoms with Gasteiger partial charge in [-0.2, -0.15) is 4.31 Å². The minimum Gasteiger partial charge on any atom is -0.347 e. The van der Waals surface area contributed by atoms with Crippen LogP contribution in [0.4, 0.5) is 0 Å². The minimum absolute atomic E-state index is 0.0513. The van der Waals surface area contributed by atoms with Crippen LogP contribution in [0.15, 0.2) is 23.1 Å². The highest BCUT2D eigenvalue weighted by molar-refractivity contribution is 7.89. The summed E-state index contributed by atoms with van der Waals surface area (Å²) in [7, 11) is -0.532. The first-order chi connectivity index (χ1) is 9.75. The molecule has 8 heteroatoms. The van der Waals surface area contributed by atoms with Crippen molar-refractivity contribution in [3.63, 3.8) is 0 Å². The van der Waals surface area contributed by atoms with Gasteiger partial charge in [0.25, 0.3) is 0 Å². The van der Waals surface area contributed by atoms with E-state index in [9.17, 15) is 13.2 Å². The third kappa shape index (κ3) is 3.18. The van der Waals surface area contributed by atoms with E-state index in [1.807, 2.05) is 0 Å². The van der Waals surface area contributed by atoms with E-state index in [0.29, 0.717) is 19.4 Å². The number of likely N-dealkylation sites (N-methyl/N-ethyl adjacent to an activating group) is 1. The second-order valence-electron chi connectivity index (χ2n) is 5.08. The van der Waals surface area contributed by atoms with E-state index in [1.165, 1.54) is 27.4 Å². The van der Waals surface area contributed by atoms with E-state index in [0.717, 1.165) is 0 Å². The molecule has 0 aliphatic carbocycles. The summed E-state index contributed by atoms with van der Waals surface area (Å²) < 4.78 is 26.6. The van der Waals surface area contributed by atoms with Crippen molar-refractivity contribution in [2.24, 2.45) is 0 Å². The fraction of sp³-hybridized carbons (Fsp3) is 0.462. The maximum atomic E-state index is 12.7. The molecule has 0 bridgehead atoms. The lowest BCUT2D eigenvalue weighted by Crippen LogP contribution is -2.45. The highest BCUT2D eigenvalue weighted by Gasteiger charge is 2.40. The molecule has 1 heterocycles. The Morgan fingerprint density at radius 3 is 2.52 bits per heavy atom. The molecule has 0 N–H and O–H groups in total. The Balaban J connectivity index is 2.38. The highest BCUT2D eigenvalue weighted by atomic mass is 35.5. The average Bonchev–Trinajstić information content (AvgIpc) is 2.90. The quantitative estimate of drug-likeness (QED) is 0.839. The van der Waals surface area contributed by atoms with Crippen molar-refractivity contribution in [3.8, 4) is 0 Å². The van der Waals surface area contributed by atoms with Crippen LogP contribution in [-0.2, 0) is 14.8 Å². The van der Waals surface area contributed by atoms with Crippen LogP contribution in [0.5, 0.6) is 0 Å². The van der Waals surface area contributed by atoms with E-state index in [-0.39, 0.29) is 20.8 Å². The van der Waals surface area contributed by atoms with Gasteiger partial charge in [0, 0.05) is 20.6 Å². The lowest BCUT2D eigenvalue weighted by molar-refractivity contribution is -0.132. The van der Waals surface area contributed by atoms with Crippen molar-refractivity contribution in [1.82, 2.24) is 9.21 Å². The van der Waals surface area contributed by atoms with Crippen LogP contribution < -0.4 is 0 Å². The van der Waals surface area contributed by atoms with Crippen molar-refractivity contribution in [1.29, 1.82) is 0 Å². The Bertz CT molecular complexity index is 661. The van der Waals surface area contributed by atoms with Crippen LogP contribution in [0.2, 0.25) is 10.0 Å². The number of amides is 1. The molecular formula is C13H16Cl2N2O3S. The van der Waals surface area contributed by atoms with Crippen LogP contribution in [0.1, 0.15) is 12.8 Å². The number of hydrogen-bond acceptors (Lipinski definition) is 3. The zero-order valence-electron chi connectivity index (χ0n) is 11.7. The summed E-state index contributed by atoms with van der Waals surface area (Å²) in [5.74, 6) is -0.212. The molecular weight excluding hydrogens is 335 g/mol. The molecule has 1 aromatic rings. The number of hydrogen-bond donors (Lipinski definition) is 0. The highest BCUT2D eigenvalue weighted by Crippen LogP contribution is 2.30. The smallest absolute Gasteiger partial charge is 0.243 e. The molecule has 116 valence electrons. The van der Waals surface area contributed by atoms with Gasteiger partial charge in [0.1, 0.15) is 6.04 Å². The lowest BCUT2D eigenvalue weighted by Gasteiger charge is -2.25. The molecule has 1 aliphatic heterocycles. The molecule has 1 amide bonds. The van der Waals surface area contributed by atoms with Gasteiger partial charge < -0.3 is 4.90 Å². The normalized spacial score (nSPS) is 19.7. The molecule has 0 unspecified atom stereocenters. The first kappa shape index (κ1) is 16.5. The van der Waals surface area contributed by atoms with Crippen LogP contribution in [0.3, 0.4) is 0 Å². The Hall–Kier alpha value is -0.820. The third-order valence-electron chi connectivity index (χ3n) is 3.43. The molecule has 1 atom stereocenters. The molecule has 1 aliphatic rings. The number of halogens is 2. The predicted octanol–water partition coefficient (Wildman–Crippen LogP) is 2.23. The molecule has 0 spiro atoms. The zero-order chi connectivity index (χ0) is 15.8. The summed E-state index contributed by atoms with van der Waals surface area (Å²) in [4.78, 5) is 13.6. The summed E-state index contributed by atoms with van der Waals surface area (Å²) >= 11 is 11.7. The minimum atomic E-state index is -3.76. The van der Waals surface area contributed by atoms with E-state index in [4.69, 9.17) is 23.2 Å². The van der Waals surface area contributed by atoms with Gasteiger partial charge in [-0.1, -0.05) is 23.2 Å². The second kappa shape index (κ2) is 6.12. The van der Waals surface area contributed by atoms with Crippen LogP contribution in [0, 0.1) is 0 Å². The fourth-order valence-electron chi connectivity index (χ4n) is 2.35. The van der Waals surface area contributed by atoms with Gasteiger partial charge >= 0.3 is 0 Å². The van der Waals surface area contributed by atoms with Gasteiger partial charge in [0.05, 0.1) is 14.9 Å². The van der Waals surface area contributed by atoms with E-state index in [2.05, 4.69) is 0 Å². The van der Waals surface area contributed by atoms with Crippen LogP contribution in [0.25, 0.3) is 0 Å². The second-order valence-corrected chi connectivity index (χ2v) is 7.79. The van der Waals surface area contributed by atoms with Gasteiger partial charge in [-0.05, 0) is 31.0 Å². The monoisotopic (exact) mass is 350 g/mol. The van der Waals surface area contributed by atoms with Gasteiger partial charge in [0.2, 0.25) is 15.9 Å². The topological polar surface area (TPSA) is 57.7 Å². The number of nitrogens with zero attached hydrogens (tertiary/aromatic N) is 2. The maximum absolute atomic E-state index is 12.7. The fourth-order valence-corrected chi connectivity index (χ4v) is 4.39. The molecule has 1 fully saturated rings. The summed E-state index contributed by atoms with van der Waals surface area (Å²) in [6, 6.07) is 3.50. The van der Waals surface area contributed by atoms with Crippen molar-refractivity contribution < 1.29 is 13.2 Å². The zero-order valence-corrected chi connectivity index (χ0v) is 14.0. The van der Waals surface area contributed by atoms with Crippen molar-refractivity contribution in [3.05, 3.63) is 28.2 Å². The van der Waals surface area contributed by atoms with Gasteiger partial charge in [-0.15, -0.1) is 0 Å². The summed E-state index contributed by atoms with van der Waals surface area (Å²) in [6.07, 6.45) is 1.18. The van der Waals surface area contributed by atoms with Crippen LogP contribution >= 0.6 is 23.2 Å². The summed E-state index contributed by atoms with van der Waals surface area (Å²) in [5, 5.41) is 0.463. The lowest BCUT2D eigenvalue weighted by atomic mass is 10.2. The van der Waals surface area contributed by atoms with Crippen molar-refractivity contribution in [2.75, 3.05) is 20.6 Å². The molecule has 0 aromatic heterocycles. The van der Waals surface area contributed by atoms with E-state index < -0.39 is 16.1 Å². The predicted molar refractivity (Wildman–Crippen MR) is 82.1 cm³/mol. The van der Waals surface area contributed by atoms with Crippen molar-refractivity contribution >= 4 is 39.1 Å². The standard InChI is InChI=1S/C13H16Cl2N2O3S/c1-16(2)13(18)12-4-3-7-17(12)21(19,20)9-5-6-10(14)11(15)8-9/h5-6,8,12H,3-4,7H2,1-2H3/t12-/m0/s1. The summed E-state index contributed by atoms with van der Waals surface area (Å²) in [6.45, 7) is 0.326. The number of benzene rings is 1. The number of carbonyl (C=O) groups excluding carboxylic acids is 1. The van der Waals surface area contributed by atoms with Gasteiger partial charge in [0.15, 0.2) is 0 Å².